The molecule has 0 aromatic rings. The van der Waals surface area contributed by atoms with Gasteiger partial charge in [-0.15, -0.1) is 0 Å². The van der Waals surface area contributed by atoms with Gasteiger partial charge in [-0.25, -0.2) is 9.59 Å². The molecule has 4 aliphatic rings. The van der Waals surface area contributed by atoms with Crippen LogP contribution in [0.5, 0.6) is 0 Å². The van der Waals surface area contributed by atoms with Gasteiger partial charge in [0.15, 0.2) is 6.29 Å². The van der Waals surface area contributed by atoms with Crippen LogP contribution in [0.4, 0.5) is 0 Å². The molecule has 0 bridgehead atoms. The van der Waals surface area contributed by atoms with Crippen molar-refractivity contribution in [2.45, 2.75) is 50.8 Å². The molecule has 7 heteroatoms. The zero-order chi connectivity index (χ0) is 19.5. The molecule has 4 rings (SSSR count). The molecule has 2 aliphatic carbocycles. The number of ether oxygens (including phenoxy) is 3. The van der Waals surface area contributed by atoms with Gasteiger partial charge in [0.2, 0.25) is 0 Å². The highest BCUT2D eigenvalue weighted by Gasteiger charge is 2.62. The first-order valence-corrected chi connectivity index (χ1v) is 9.19. The van der Waals surface area contributed by atoms with E-state index >= 15 is 0 Å². The summed E-state index contributed by atoms with van der Waals surface area (Å²) in [5, 5.41) is 20.1. The Hall–Kier alpha value is -1.96. The van der Waals surface area contributed by atoms with Crippen LogP contribution in [0.15, 0.2) is 36.0 Å². The number of fused-ring (bicyclic) bond motifs is 3. The third-order valence-electron chi connectivity index (χ3n) is 6.56. The SMILES string of the molecule is C=C1C(=O)O[C@H]2[C@H]1[C@H](OC(=O)C1=C[C@@H](O)OC1)C[C@@]1(C)[C@H](O)CCC(=C)[C@H]21. The highest BCUT2D eigenvalue weighted by Crippen LogP contribution is 2.57. The van der Waals surface area contributed by atoms with E-state index in [9.17, 15) is 19.8 Å². The molecule has 2 aliphatic heterocycles. The van der Waals surface area contributed by atoms with Crippen LogP contribution in [0.3, 0.4) is 0 Å². The second-order valence-corrected chi connectivity index (χ2v) is 8.16. The van der Waals surface area contributed by atoms with E-state index < -0.39 is 47.9 Å². The highest BCUT2D eigenvalue weighted by atomic mass is 16.6. The number of carbonyl (C=O) groups excluding carboxylic acids is 2. The molecule has 0 aromatic heterocycles. The van der Waals surface area contributed by atoms with Crippen LogP contribution in [0.25, 0.3) is 0 Å². The minimum absolute atomic E-state index is 0.0312. The highest BCUT2D eigenvalue weighted by molar-refractivity contribution is 5.92. The lowest BCUT2D eigenvalue weighted by atomic mass is 9.53. The van der Waals surface area contributed by atoms with Crippen LogP contribution in [-0.2, 0) is 23.8 Å². The monoisotopic (exact) mass is 376 g/mol. The summed E-state index contributed by atoms with van der Waals surface area (Å²) in [4.78, 5) is 24.7. The first-order valence-electron chi connectivity index (χ1n) is 9.19. The molecule has 27 heavy (non-hydrogen) atoms. The molecule has 7 atom stereocenters. The minimum Gasteiger partial charge on any atom is -0.458 e. The van der Waals surface area contributed by atoms with Crippen LogP contribution in [0.2, 0.25) is 0 Å². The lowest BCUT2D eigenvalue weighted by Crippen LogP contribution is -2.58. The topological polar surface area (TPSA) is 102 Å². The van der Waals surface area contributed by atoms with Crippen LogP contribution < -0.4 is 0 Å². The summed E-state index contributed by atoms with van der Waals surface area (Å²) in [6.45, 7) is 9.91. The molecule has 3 fully saturated rings. The molecular formula is C20H24O7. The Morgan fingerprint density at radius 2 is 2.11 bits per heavy atom. The minimum atomic E-state index is -1.12. The molecule has 0 aromatic carbocycles. The quantitative estimate of drug-likeness (QED) is 0.421. The number of hydrogen-bond acceptors (Lipinski definition) is 7. The van der Waals surface area contributed by atoms with Crippen molar-refractivity contribution in [1.82, 2.24) is 0 Å². The molecule has 0 amide bonds. The fourth-order valence-corrected chi connectivity index (χ4v) is 5.13. The van der Waals surface area contributed by atoms with Crippen molar-refractivity contribution >= 4 is 11.9 Å². The molecular weight excluding hydrogens is 352 g/mol. The van der Waals surface area contributed by atoms with Crippen molar-refractivity contribution in [3.05, 3.63) is 36.0 Å². The smallest absolute Gasteiger partial charge is 0.336 e. The average molecular weight is 376 g/mol. The number of aliphatic hydroxyl groups is 2. The fraction of sp³-hybridized carbons (Fsp3) is 0.600. The van der Waals surface area contributed by atoms with Crippen molar-refractivity contribution in [3.63, 3.8) is 0 Å². The average Bonchev–Trinajstić information content (AvgIpc) is 3.15. The lowest BCUT2D eigenvalue weighted by Gasteiger charge is -2.54. The largest absolute Gasteiger partial charge is 0.458 e. The van der Waals surface area contributed by atoms with Crippen LogP contribution in [0.1, 0.15) is 26.2 Å². The molecule has 0 unspecified atom stereocenters. The Bertz CT molecular complexity index is 753. The van der Waals surface area contributed by atoms with Gasteiger partial charge in [-0.1, -0.05) is 25.7 Å². The van der Waals surface area contributed by atoms with E-state index in [1.807, 2.05) is 6.92 Å². The Balaban J connectivity index is 1.66. The summed E-state index contributed by atoms with van der Waals surface area (Å²) in [5.74, 6) is -1.79. The normalized spacial score (nSPS) is 43.7. The van der Waals surface area contributed by atoms with Gasteiger partial charge < -0.3 is 24.4 Å². The van der Waals surface area contributed by atoms with Crippen molar-refractivity contribution in [2.24, 2.45) is 17.3 Å². The lowest BCUT2D eigenvalue weighted by molar-refractivity contribution is -0.175. The standard InChI is InChI=1S/C20H24O7/c1-9-4-5-13(21)20(3)7-12(26-19(24)11-6-14(22)25-8-11)15-10(2)18(23)27-17(15)16(9)20/h6,12-17,21-22H,1-2,4-5,7-8H2,3H3/t12-,13-,14+,15-,16-,17+,20+/m1/s1. The second-order valence-electron chi connectivity index (χ2n) is 8.16. The fourth-order valence-electron chi connectivity index (χ4n) is 5.13. The van der Waals surface area contributed by atoms with E-state index in [4.69, 9.17) is 14.2 Å². The van der Waals surface area contributed by atoms with Gasteiger partial charge in [-0.3, -0.25) is 0 Å². The van der Waals surface area contributed by atoms with Crippen LogP contribution in [0, 0.1) is 17.3 Å². The summed E-state index contributed by atoms with van der Waals surface area (Å²) < 4.78 is 16.3. The summed E-state index contributed by atoms with van der Waals surface area (Å²) in [7, 11) is 0. The molecule has 0 spiro atoms. The van der Waals surface area contributed by atoms with Gasteiger partial charge in [0, 0.05) is 16.9 Å². The molecule has 7 nitrogen and oxygen atoms in total. The molecule has 1 saturated heterocycles. The third kappa shape index (κ3) is 2.76. The Labute approximate surface area is 157 Å². The Morgan fingerprint density at radius 1 is 1.37 bits per heavy atom. The van der Waals surface area contributed by atoms with E-state index in [0.717, 1.165) is 5.57 Å². The molecule has 2 heterocycles. The number of rotatable bonds is 2. The Morgan fingerprint density at radius 3 is 2.78 bits per heavy atom. The predicted octanol–water partition coefficient (Wildman–Crippen LogP) is 1.01. The number of carbonyl (C=O) groups is 2. The zero-order valence-corrected chi connectivity index (χ0v) is 15.2. The molecule has 2 saturated carbocycles. The Kier molecular flexibility index (Phi) is 4.29. The summed E-state index contributed by atoms with van der Waals surface area (Å²) in [6, 6.07) is 0. The molecule has 2 N–H and O–H groups in total. The number of hydrogen-bond donors (Lipinski definition) is 2. The first kappa shape index (κ1) is 18.4. The summed E-state index contributed by atoms with van der Waals surface area (Å²) in [6.07, 6.45) is -0.0370. The third-order valence-corrected chi connectivity index (χ3v) is 6.56. The van der Waals surface area contributed by atoms with Crippen molar-refractivity contribution in [2.75, 3.05) is 6.61 Å². The maximum Gasteiger partial charge on any atom is 0.336 e. The van der Waals surface area contributed by atoms with Gasteiger partial charge in [-0.2, -0.15) is 0 Å². The van der Waals surface area contributed by atoms with E-state index in [0.29, 0.717) is 19.3 Å². The first-order chi connectivity index (χ1) is 12.7. The summed E-state index contributed by atoms with van der Waals surface area (Å²) in [5.41, 5.74) is 0.840. The van der Waals surface area contributed by atoms with Gasteiger partial charge in [-0.05, 0) is 25.3 Å². The van der Waals surface area contributed by atoms with Gasteiger partial charge in [0.1, 0.15) is 12.2 Å². The van der Waals surface area contributed by atoms with Crippen molar-refractivity contribution < 1.29 is 34.0 Å². The van der Waals surface area contributed by atoms with Gasteiger partial charge in [0.25, 0.3) is 0 Å². The molecule has 146 valence electrons. The number of aliphatic hydroxyl groups excluding tert-OH is 2. The van der Waals surface area contributed by atoms with Crippen LogP contribution in [-0.4, -0.2) is 53.4 Å². The maximum absolute atomic E-state index is 12.5. The van der Waals surface area contributed by atoms with Crippen LogP contribution >= 0.6 is 0 Å². The zero-order valence-electron chi connectivity index (χ0n) is 15.2. The second kappa shape index (κ2) is 6.29. The van der Waals surface area contributed by atoms with Crippen molar-refractivity contribution in [1.29, 1.82) is 0 Å². The molecule has 0 radical (unpaired) electrons. The van der Waals surface area contributed by atoms with E-state index in [2.05, 4.69) is 13.2 Å². The predicted molar refractivity (Wildman–Crippen MR) is 93.0 cm³/mol. The van der Waals surface area contributed by atoms with Gasteiger partial charge >= 0.3 is 11.9 Å². The maximum atomic E-state index is 12.5. The van der Waals surface area contributed by atoms with E-state index in [-0.39, 0.29) is 23.7 Å². The number of esters is 2. The van der Waals surface area contributed by atoms with Gasteiger partial charge in [0.05, 0.1) is 24.2 Å². The van der Waals surface area contributed by atoms with E-state index in [1.165, 1.54) is 6.08 Å². The van der Waals surface area contributed by atoms with Crippen molar-refractivity contribution in [3.8, 4) is 0 Å². The summed E-state index contributed by atoms with van der Waals surface area (Å²) >= 11 is 0. The van der Waals surface area contributed by atoms with E-state index in [1.54, 1.807) is 0 Å².